The molecular weight excluding hydrogens is 268 g/mol. The molecule has 3 N–H and O–H groups in total. The second kappa shape index (κ2) is 7.01. The molecule has 0 amide bonds. The Balaban J connectivity index is 2.70. The van der Waals surface area contributed by atoms with Gasteiger partial charge in [-0.2, -0.15) is 11.8 Å². The highest BCUT2D eigenvalue weighted by atomic mass is 32.2. The molecule has 0 saturated heterocycles. The number of nitrogens with two attached hydrogens (primary N) is 1. The number of benzene rings is 1. The fraction of sp³-hybridized carbons (Fsp3) is 0.500. The Morgan fingerprint density at radius 3 is 2.72 bits per heavy atom. The lowest BCUT2D eigenvalue weighted by atomic mass is 10.2. The third kappa shape index (κ3) is 5.29. The maximum Gasteiger partial charge on any atom is 0.216 e. The van der Waals surface area contributed by atoms with Crippen molar-refractivity contribution in [2.24, 2.45) is 0 Å². The molecule has 18 heavy (non-hydrogen) atoms. The smallest absolute Gasteiger partial charge is 0.216 e. The molecule has 0 spiro atoms. The Morgan fingerprint density at radius 2 is 2.17 bits per heavy atom. The van der Waals surface area contributed by atoms with Gasteiger partial charge in [0.05, 0.1) is 5.75 Å². The minimum Gasteiger partial charge on any atom is -0.399 e. The lowest BCUT2D eigenvalue weighted by Gasteiger charge is -2.16. The number of thioether (sulfide) groups is 1. The number of hydrogen-bond acceptors (Lipinski definition) is 4. The Bertz CT molecular complexity index is 475. The molecule has 6 heteroatoms. The topological polar surface area (TPSA) is 72.2 Å². The van der Waals surface area contributed by atoms with E-state index in [1.54, 1.807) is 36.0 Å². The summed E-state index contributed by atoms with van der Waals surface area (Å²) in [6.07, 6.45) is 2.76. The molecule has 0 saturated carbocycles. The molecule has 102 valence electrons. The van der Waals surface area contributed by atoms with E-state index in [2.05, 4.69) is 4.72 Å². The van der Waals surface area contributed by atoms with Gasteiger partial charge in [0.15, 0.2) is 0 Å². The number of sulfonamides is 1. The summed E-state index contributed by atoms with van der Waals surface area (Å²) in [7, 11) is -3.30. The first kappa shape index (κ1) is 15.3. The maximum atomic E-state index is 12.0. The molecule has 1 aromatic rings. The summed E-state index contributed by atoms with van der Waals surface area (Å²) in [5, 5.41) is 0. The highest BCUT2D eigenvalue weighted by Crippen LogP contribution is 2.11. The van der Waals surface area contributed by atoms with Crippen LogP contribution in [-0.4, -0.2) is 26.5 Å². The highest BCUT2D eigenvalue weighted by molar-refractivity contribution is 7.98. The first-order chi connectivity index (χ1) is 8.46. The van der Waals surface area contributed by atoms with Crippen molar-refractivity contribution in [3.63, 3.8) is 0 Å². The molecule has 1 aromatic carbocycles. The maximum absolute atomic E-state index is 12.0. The SMILES string of the molecule is CCC(CSC)NS(=O)(=O)Cc1cccc(N)c1. The highest BCUT2D eigenvalue weighted by Gasteiger charge is 2.16. The fourth-order valence-electron chi connectivity index (χ4n) is 1.63. The molecule has 1 rings (SSSR count). The van der Waals surface area contributed by atoms with E-state index in [-0.39, 0.29) is 11.8 Å². The van der Waals surface area contributed by atoms with Crippen LogP contribution < -0.4 is 10.5 Å². The van der Waals surface area contributed by atoms with E-state index in [0.717, 1.165) is 12.2 Å². The third-order valence-electron chi connectivity index (χ3n) is 2.51. The molecule has 0 radical (unpaired) electrons. The molecule has 4 nitrogen and oxygen atoms in total. The number of nitrogens with one attached hydrogen (secondary N) is 1. The Kier molecular flexibility index (Phi) is 5.98. The van der Waals surface area contributed by atoms with Crippen molar-refractivity contribution in [2.75, 3.05) is 17.7 Å². The van der Waals surface area contributed by atoms with Gasteiger partial charge in [0, 0.05) is 17.5 Å². The van der Waals surface area contributed by atoms with E-state index in [1.807, 2.05) is 13.2 Å². The molecule has 1 unspecified atom stereocenters. The lowest BCUT2D eigenvalue weighted by molar-refractivity contribution is 0.557. The van der Waals surface area contributed by atoms with Crippen LogP contribution in [0.25, 0.3) is 0 Å². The van der Waals surface area contributed by atoms with Crippen LogP contribution in [0.15, 0.2) is 24.3 Å². The van der Waals surface area contributed by atoms with Crippen molar-refractivity contribution < 1.29 is 8.42 Å². The number of hydrogen-bond donors (Lipinski definition) is 2. The monoisotopic (exact) mass is 288 g/mol. The van der Waals surface area contributed by atoms with Gasteiger partial charge in [-0.05, 0) is 30.4 Å². The summed E-state index contributed by atoms with van der Waals surface area (Å²) < 4.78 is 26.7. The quantitative estimate of drug-likeness (QED) is 0.751. The molecule has 0 fully saturated rings. The molecular formula is C12H20N2O2S2. The van der Waals surface area contributed by atoms with Gasteiger partial charge in [-0.15, -0.1) is 0 Å². The van der Waals surface area contributed by atoms with Gasteiger partial charge in [-0.3, -0.25) is 0 Å². The third-order valence-corrected chi connectivity index (χ3v) is 4.66. The van der Waals surface area contributed by atoms with Crippen LogP contribution in [0.3, 0.4) is 0 Å². The molecule has 0 heterocycles. The van der Waals surface area contributed by atoms with Crippen LogP contribution >= 0.6 is 11.8 Å². The molecule has 0 bridgehead atoms. The standard InChI is InChI=1S/C12H20N2O2S2/c1-3-12(8-17-2)14-18(15,16)9-10-5-4-6-11(13)7-10/h4-7,12,14H,3,8-9,13H2,1-2H3. The molecule has 0 aliphatic rings. The predicted molar refractivity (Wildman–Crippen MR) is 79.1 cm³/mol. The van der Waals surface area contributed by atoms with Crippen LogP contribution in [-0.2, 0) is 15.8 Å². The first-order valence-electron chi connectivity index (χ1n) is 5.80. The fourth-order valence-corrected chi connectivity index (χ4v) is 3.92. The van der Waals surface area contributed by atoms with E-state index in [0.29, 0.717) is 11.3 Å². The zero-order valence-electron chi connectivity index (χ0n) is 10.7. The minimum absolute atomic E-state index is 0.00828. The number of anilines is 1. The van der Waals surface area contributed by atoms with Crippen molar-refractivity contribution in [1.29, 1.82) is 0 Å². The predicted octanol–water partition coefficient (Wildman–Crippen LogP) is 1.83. The van der Waals surface area contributed by atoms with E-state index >= 15 is 0 Å². The Labute approximate surface area is 113 Å². The lowest BCUT2D eigenvalue weighted by Crippen LogP contribution is -2.36. The van der Waals surface area contributed by atoms with Gasteiger partial charge in [0.2, 0.25) is 10.0 Å². The summed E-state index contributed by atoms with van der Waals surface area (Å²) in [5.74, 6) is 0.760. The van der Waals surface area contributed by atoms with E-state index in [1.165, 1.54) is 0 Å². The van der Waals surface area contributed by atoms with Crippen molar-refractivity contribution in [3.05, 3.63) is 29.8 Å². The summed E-state index contributed by atoms with van der Waals surface area (Å²) >= 11 is 1.64. The second-order valence-electron chi connectivity index (χ2n) is 4.18. The summed E-state index contributed by atoms with van der Waals surface area (Å²) in [6.45, 7) is 1.98. The molecule has 1 atom stereocenters. The summed E-state index contributed by atoms with van der Waals surface area (Å²) in [5.41, 5.74) is 6.93. The van der Waals surface area contributed by atoms with Crippen LogP contribution in [0.5, 0.6) is 0 Å². The Morgan fingerprint density at radius 1 is 1.44 bits per heavy atom. The van der Waals surface area contributed by atoms with Gasteiger partial charge in [-0.25, -0.2) is 13.1 Å². The Hall–Kier alpha value is -0.720. The van der Waals surface area contributed by atoms with Crippen molar-refractivity contribution in [3.8, 4) is 0 Å². The number of nitrogen functional groups attached to an aromatic ring is 1. The molecule has 0 aliphatic carbocycles. The first-order valence-corrected chi connectivity index (χ1v) is 8.85. The second-order valence-corrected chi connectivity index (χ2v) is 6.85. The minimum atomic E-state index is -3.30. The molecule has 0 aromatic heterocycles. The van der Waals surface area contributed by atoms with Crippen LogP contribution in [0, 0.1) is 0 Å². The van der Waals surface area contributed by atoms with Gasteiger partial charge in [0.25, 0.3) is 0 Å². The normalized spacial score (nSPS) is 13.4. The van der Waals surface area contributed by atoms with Gasteiger partial charge in [0.1, 0.15) is 0 Å². The van der Waals surface area contributed by atoms with Gasteiger partial charge in [-0.1, -0.05) is 19.1 Å². The largest absolute Gasteiger partial charge is 0.399 e. The van der Waals surface area contributed by atoms with E-state index < -0.39 is 10.0 Å². The average molecular weight is 288 g/mol. The van der Waals surface area contributed by atoms with Crippen LogP contribution in [0.2, 0.25) is 0 Å². The van der Waals surface area contributed by atoms with Crippen LogP contribution in [0.4, 0.5) is 5.69 Å². The average Bonchev–Trinajstić information content (AvgIpc) is 2.27. The zero-order valence-corrected chi connectivity index (χ0v) is 12.4. The number of rotatable bonds is 7. The van der Waals surface area contributed by atoms with Gasteiger partial charge >= 0.3 is 0 Å². The molecule has 0 aliphatic heterocycles. The van der Waals surface area contributed by atoms with Crippen LogP contribution in [0.1, 0.15) is 18.9 Å². The summed E-state index contributed by atoms with van der Waals surface area (Å²) in [6, 6.07) is 6.96. The van der Waals surface area contributed by atoms with Crippen molar-refractivity contribution in [1.82, 2.24) is 4.72 Å². The van der Waals surface area contributed by atoms with E-state index in [4.69, 9.17) is 5.73 Å². The van der Waals surface area contributed by atoms with Crippen molar-refractivity contribution in [2.45, 2.75) is 25.1 Å². The van der Waals surface area contributed by atoms with E-state index in [9.17, 15) is 8.42 Å². The van der Waals surface area contributed by atoms with Gasteiger partial charge < -0.3 is 5.73 Å². The van der Waals surface area contributed by atoms with Crippen molar-refractivity contribution >= 4 is 27.5 Å². The summed E-state index contributed by atoms with van der Waals surface area (Å²) in [4.78, 5) is 0. The zero-order chi connectivity index (χ0) is 13.6.